The molecule has 1 saturated heterocycles. The summed E-state index contributed by atoms with van der Waals surface area (Å²) >= 11 is -2.45. The molecule has 9 nitrogen and oxygen atoms in total. The molecule has 210 valence electrons. The molecule has 1 fully saturated rings. The van der Waals surface area contributed by atoms with E-state index in [4.69, 9.17) is 0 Å². The first-order valence-electron chi connectivity index (χ1n) is 13.5. The largest absolute Gasteiger partial charge is 0.760 e. The summed E-state index contributed by atoms with van der Waals surface area (Å²) in [7, 11) is 4.03. The molecule has 0 spiro atoms. The predicted molar refractivity (Wildman–Crippen MR) is 154 cm³/mol. The van der Waals surface area contributed by atoms with Crippen molar-refractivity contribution < 1.29 is 13.6 Å². The van der Waals surface area contributed by atoms with Crippen molar-refractivity contribution in [2.75, 3.05) is 51.7 Å². The minimum atomic E-state index is -2.45. The standard InChI is InChI=1S/C29H40N6O3S/c1-23(25-7-5-4-6-8-25)14-16-33-17-18-35(39(37)38)28(21-33)29(36)31-15-13-27-19-30-22-34(27)20-24-9-11-26(12-10-24)32(2)3/h4-12,19,22-23,28H,13-18,20-21H2,1-3H3,(H,31,36)(H,37,38)/p-1. The zero-order valence-electron chi connectivity index (χ0n) is 23.0. The smallest absolute Gasteiger partial charge is 0.239 e. The van der Waals surface area contributed by atoms with Gasteiger partial charge < -0.3 is 19.3 Å². The summed E-state index contributed by atoms with van der Waals surface area (Å²) in [6.07, 6.45) is 5.16. The van der Waals surface area contributed by atoms with Crippen molar-refractivity contribution in [2.24, 2.45) is 0 Å². The van der Waals surface area contributed by atoms with Gasteiger partial charge in [0.1, 0.15) is 6.04 Å². The second-order valence-corrected chi connectivity index (χ2v) is 11.3. The van der Waals surface area contributed by atoms with Gasteiger partial charge in [-0.05, 0) is 42.1 Å². The monoisotopic (exact) mass is 551 g/mol. The van der Waals surface area contributed by atoms with E-state index in [0.717, 1.165) is 24.3 Å². The number of piperazine rings is 1. The third kappa shape index (κ3) is 7.98. The fraction of sp³-hybridized carbons (Fsp3) is 0.448. The van der Waals surface area contributed by atoms with Gasteiger partial charge in [-0.1, -0.05) is 49.4 Å². The number of rotatable bonds is 12. The highest BCUT2D eigenvalue weighted by Crippen LogP contribution is 2.20. The highest BCUT2D eigenvalue weighted by atomic mass is 32.2. The summed E-state index contributed by atoms with van der Waals surface area (Å²) in [6.45, 7) is 5.44. The lowest BCUT2D eigenvalue weighted by molar-refractivity contribution is -0.126. The molecule has 10 heteroatoms. The van der Waals surface area contributed by atoms with E-state index in [0.29, 0.717) is 45.1 Å². The molecule has 1 aliphatic heterocycles. The molecule has 1 amide bonds. The first kappa shape index (κ1) is 28.9. The summed E-state index contributed by atoms with van der Waals surface area (Å²) in [6, 6.07) is 18.0. The Labute approximate surface area is 234 Å². The van der Waals surface area contributed by atoms with Crippen LogP contribution in [0.4, 0.5) is 5.69 Å². The number of hydrogen-bond acceptors (Lipinski definition) is 6. The Hall–Kier alpha value is -3.05. The van der Waals surface area contributed by atoms with E-state index in [2.05, 4.69) is 68.0 Å². The molecule has 3 aromatic rings. The van der Waals surface area contributed by atoms with Gasteiger partial charge in [0.15, 0.2) is 0 Å². The molecule has 4 rings (SSSR count). The van der Waals surface area contributed by atoms with E-state index in [1.54, 1.807) is 6.33 Å². The number of imidazole rings is 1. The molecule has 1 N–H and O–H groups in total. The van der Waals surface area contributed by atoms with E-state index >= 15 is 0 Å². The molecule has 0 aliphatic carbocycles. The SMILES string of the molecule is CC(CCN1CCN(S(=O)[O-])C(C(=O)NCCc2cncn2Cc2ccc(N(C)C)cc2)C1)c1ccccc1. The summed E-state index contributed by atoms with van der Waals surface area (Å²) in [5, 5.41) is 2.97. The van der Waals surface area contributed by atoms with Gasteiger partial charge in [0.25, 0.3) is 0 Å². The minimum absolute atomic E-state index is 0.259. The van der Waals surface area contributed by atoms with Crippen LogP contribution in [0.2, 0.25) is 0 Å². The Kier molecular flexibility index (Phi) is 10.3. The normalized spacial score (nSPS) is 18.0. The van der Waals surface area contributed by atoms with Crippen LogP contribution in [-0.2, 0) is 29.0 Å². The van der Waals surface area contributed by atoms with Crippen molar-refractivity contribution in [1.82, 2.24) is 24.1 Å². The second-order valence-electron chi connectivity index (χ2n) is 10.4. The molecular formula is C29H39N6O3S-. The Balaban J connectivity index is 1.29. The Morgan fingerprint density at radius 1 is 1.15 bits per heavy atom. The molecule has 1 aliphatic rings. The van der Waals surface area contributed by atoms with Crippen LogP contribution < -0.4 is 10.2 Å². The van der Waals surface area contributed by atoms with E-state index < -0.39 is 17.3 Å². The second kappa shape index (κ2) is 13.8. The molecule has 0 bridgehead atoms. The van der Waals surface area contributed by atoms with Gasteiger partial charge in [-0.2, -0.15) is 0 Å². The number of nitrogens with one attached hydrogen (secondary N) is 1. The van der Waals surface area contributed by atoms with Gasteiger partial charge in [-0.15, -0.1) is 0 Å². The first-order chi connectivity index (χ1) is 18.8. The van der Waals surface area contributed by atoms with Gasteiger partial charge in [-0.3, -0.25) is 13.9 Å². The van der Waals surface area contributed by atoms with Crippen molar-refractivity contribution in [3.8, 4) is 0 Å². The van der Waals surface area contributed by atoms with Crippen molar-refractivity contribution in [3.63, 3.8) is 0 Å². The van der Waals surface area contributed by atoms with Crippen molar-refractivity contribution in [2.45, 2.75) is 38.3 Å². The molecular weight excluding hydrogens is 512 g/mol. The molecule has 2 aromatic carbocycles. The molecule has 3 atom stereocenters. The van der Waals surface area contributed by atoms with Crippen LogP contribution in [-0.4, -0.2) is 86.3 Å². The van der Waals surface area contributed by atoms with E-state index in [1.165, 1.54) is 15.4 Å². The van der Waals surface area contributed by atoms with Crippen LogP contribution in [0.5, 0.6) is 0 Å². The van der Waals surface area contributed by atoms with Gasteiger partial charge >= 0.3 is 0 Å². The number of anilines is 1. The zero-order chi connectivity index (χ0) is 27.8. The van der Waals surface area contributed by atoms with Crippen LogP contribution in [0, 0.1) is 0 Å². The fourth-order valence-corrected chi connectivity index (χ4v) is 5.57. The van der Waals surface area contributed by atoms with Crippen LogP contribution in [0.3, 0.4) is 0 Å². The molecule has 3 unspecified atom stereocenters. The van der Waals surface area contributed by atoms with Gasteiger partial charge in [0.2, 0.25) is 5.91 Å². The van der Waals surface area contributed by atoms with Crippen molar-refractivity contribution in [1.29, 1.82) is 0 Å². The summed E-state index contributed by atoms with van der Waals surface area (Å²) in [5.74, 6) is 0.131. The maximum absolute atomic E-state index is 13.1. The number of amides is 1. The summed E-state index contributed by atoms with van der Waals surface area (Å²) in [4.78, 5) is 21.7. The maximum Gasteiger partial charge on any atom is 0.239 e. The molecule has 39 heavy (non-hydrogen) atoms. The third-order valence-electron chi connectivity index (χ3n) is 7.44. The first-order valence-corrected chi connectivity index (χ1v) is 14.5. The Bertz CT molecular complexity index is 1220. The average molecular weight is 552 g/mol. The van der Waals surface area contributed by atoms with Crippen LogP contribution in [0.25, 0.3) is 0 Å². The maximum atomic E-state index is 13.1. The van der Waals surface area contributed by atoms with Crippen LogP contribution in [0.15, 0.2) is 67.1 Å². The summed E-state index contributed by atoms with van der Waals surface area (Å²) in [5.41, 5.74) is 4.61. The third-order valence-corrected chi connectivity index (χ3v) is 8.26. The van der Waals surface area contributed by atoms with Gasteiger partial charge in [0.05, 0.1) is 6.33 Å². The molecule has 0 radical (unpaired) electrons. The van der Waals surface area contributed by atoms with Gasteiger partial charge in [0, 0.05) is 82.1 Å². The number of nitrogens with zero attached hydrogens (tertiary/aromatic N) is 5. The molecule has 2 heterocycles. The molecule has 1 aromatic heterocycles. The van der Waals surface area contributed by atoms with Crippen LogP contribution >= 0.6 is 0 Å². The quantitative estimate of drug-likeness (QED) is 0.348. The van der Waals surface area contributed by atoms with Crippen LogP contribution in [0.1, 0.15) is 36.1 Å². The van der Waals surface area contributed by atoms with E-state index in [9.17, 15) is 13.6 Å². The Morgan fingerprint density at radius 2 is 1.90 bits per heavy atom. The predicted octanol–water partition coefficient (Wildman–Crippen LogP) is 2.63. The molecule has 0 saturated carbocycles. The minimum Gasteiger partial charge on any atom is -0.760 e. The number of benzene rings is 2. The number of carbonyl (C=O) groups excluding carboxylic acids is 1. The highest BCUT2D eigenvalue weighted by molar-refractivity contribution is 7.76. The highest BCUT2D eigenvalue weighted by Gasteiger charge is 2.33. The average Bonchev–Trinajstić information content (AvgIpc) is 3.38. The van der Waals surface area contributed by atoms with E-state index in [-0.39, 0.29) is 5.91 Å². The van der Waals surface area contributed by atoms with Crippen molar-refractivity contribution >= 4 is 22.9 Å². The summed E-state index contributed by atoms with van der Waals surface area (Å²) < 4.78 is 27.1. The van der Waals surface area contributed by atoms with Crippen molar-refractivity contribution in [3.05, 3.63) is 83.9 Å². The number of aromatic nitrogens is 2. The number of carbonyl (C=O) groups is 1. The van der Waals surface area contributed by atoms with E-state index in [1.807, 2.05) is 38.5 Å². The zero-order valence-corrected chi connectivity index (χ0v) is 23.8. The fourth-order valence-electron chi connectivity index (χ4n) is 4.97. The lowest BCUT2D eigenvalue weighted by Crippen LogP contribution is -2.59. The lowest BCUT2D eigenvalue weighted by atomic mass is 9.97. The Morgan fingerprint density at radius 3 is 2.59 bits per heavy atom. The lowest BCUT2D eigenvalue weighted by Gasteiger charge is -2.41. The van der Waals surface area contributed by atoms with Gasteiger partial charge in [-0.25, -0.2) is 9.29 Å². The topological polar surface area (TPSA) is 96.8 Å². The number of hydrogen-bond donors (Lipinski definition) is 1.